The summed E-state index contributed by atoms with van der Waals surface area (Å²) in [6.07, 6.45) is 23.7. The van der Waals surface area contributed by atoms with Gasteiger partial charge in [-0.15, -0.1) is 6.58 Å². The Bertz CT molecular complexity index is 314. The molecule has 3 nitrogen and oxygen atoms in total. The van der Waals surface area contributed by atoms with Crippen molar-refractivity contribution in [2.45, 2.75) is 96.1 Å². The quantitative estimate of drug-likeness (QED) is 0.289. The molecule has 1 unspecified atom stereocenters. The number of unbranched alkanes of at least 4 members (excludes halogenated alkanes) is 12. The number of hydrogen-bond acceptors (Lipinski definition) is 3. The lowest BCUT2D eigenvalue weighted by Gasteiger charge is -2.21. The Labute approximate surface area is 150 Å². The van der Waals surface area contributed by atoms with Crippen LogP contribution in [-0.4, -0.2) is 36.9 Å². The first-order valence-electron chi connectivity index (χ1n) is 10.4. The predicted octanol–water partition coefficient (Wildman–Crippen LogP) is 5.31. The highest BCUT2D eigenvalue weighted by Gasteiger charge is 2.19. The smallest absolute Gasteiger partial charge is 0.102 e. The van der Waals surface area contributed by atoms with Crippen LogP contribution in [0.3, 0.4) is 0 Å². The summed E-state index contributed by atoms with van der Waals surface area (Å²) in [5.41, 5.74) is 5.65. The van der Waals surface area contributed by atoms with Gasteiger partial charge in [0.15, 0.2) is 0 Å². The Morgan fingerprint density at radius 3 is 2.00 bits per heavy atom. The number of allylic oxidation sites excluding steroid dienone is 1. The number of aliphatic imine (C=N–C) groups is 1. The van der Waals surface area contributed by atoms with Gasteiger partial charge in [-0.2, -0.15) is 0 Å². The highest BCUT2D eigenvalue weighted by atomic mass is 15.3. The van der Waals surface area contributed by atoms with Gasteiger partial charge in [0.05, 0.1) is 0 Å². The molecule has 3 heteroatoms. The molecule has 0 amide bonds. The highest BCUT2D eigenvalue weighted by molar-refractivity contribution is 5.62. The normalized spacial score (nSPS) is 17.6. The van der Waals surface area contributed by atoms with Crippen molar-refractivity contribution in [3.8, 4) is 0 Å². The molecule has 0 aromatic heterocycles. The maximum atomic E-state index is 5.65. The third-order valence-corrected chi connectivity index (χ3v) is 5.05. The molecule has 0 bridgehead atoms. The molecule has 1 aliphatic rings. The topological polar surface area (TPSA) is 41.6 Å². The molecule has 1 atom stereocenters. The molecule has 140 valence electrons. The fourth-order valence-electron chi connectivity index (χ4n) is 3.54. The molecule has 2 N–H and O–H groups in total. The maximum Gasteiger partial charge on any atom is 0.102 e. The summed E-state index contributed by atoms with van der Waals surface area (Å²) in [7, 11) is 0. The summed E-state index contributed by atoms with van der Waals surface area (Å²) in [6.45, 7) is 6.50. The fourth-order valence-corrected chi connectivity index (χ4v) is 3.54. The summed E-state index contributed by atoms with van der Waals surface area (Å²) in [5.74, 6) is 0. The lowest BCUT2D eigenvalue weighted by atomic mass is 10.0. The molecule has 0 aliphatic carbocycles. The highest BCUT2D eigenvalue weighted by Crippen LogP contribution is 2.16. The summed E-state index contributed by atoms with van der Waals surface area (Å²) in [4.78, 5) is 6.98. The van der Waals surface area contributed by atoms with Crippen LogP contribution in [0.2, 0.25) is 0 Å². The van der Waals surface area contributed by atoms with Crippen molar-refractivity contribution in [2.75, 3.05) is 19.6 Å². The van der Waals surface area contributed by atoms with E-state index in [-0.39, 0.29) is 0 Å². The zero-order valence-electron chi connectivity index (χ0n) is 15.9. The maximum absolute atomic E-state index is 5.65. The van der Waals surface area contributed by atoms with E-state index in [4.69, 9.17) is 5.73 Å². The molecule has 1 heterocycles. The van der Waals surface area contributed by atoms with E-state index in [9.17, 15) is 0 Å². The lowest BCUT2D eigenvalue weighted by molar-refractivity contribution is 0.241. The van der Waals surface area contributed by atoms with E-state index >= 15 is 0 Å². The average molecular weight is 336 g/mol. The van der Waals surface area contributed by atoms with Crippen LogP contribution in [0, 0.1) is 0 Å². The molecular formula is C21H41N3. The largest absolute Gasteiger partial charge is 0.329 e. The van der Waals surface area contributed by atoms with Crippen LogP contribution in [0.5, 0.6) is 0 Å². The van der Waals surface area contributed by atoms with Crippen LogP contribution in [0.15, 0.2) is 17.6 Å². The van der Waals surface area contributed by atoms with Crippen molar-refractivity contribution in [3.63, 3.8) is 0 Å². The van der Waals surface area contributed by atoms with Crippen LogP contribution in [0.25, 0.3) is 0 Å². The number of nitrogens with zero attached hydrogens (tertiary/aromatic N) is 2. The van der Waals surface area contributed by atoms with Gasteiger partial charge in [-0.25, -0.2) is 0 Å². The van der Waals surface area contributed by atoms with Gasteiger partial charge in [0.1, 0.15) is 6.17 Å². The van der Waals surface area contributed by atoms with Crippen LogP contribution in [-0.2, 0) is 0 Å². The SMILES string of the molecule is C=CCCCCCCCCCCCCCCC1N=CCN1CCN. The number of rotatable bonds is 17. The minimum absolute atomic E-state index is 0.417. The predicted molar refractivity (Wildman–Crippen MR) is 108 cm³/mol. The Balaban J connectivity index is 1.78. The Morgan fingerprint density at radius 1 is 0.917 bits per heavy atom. The summed E-state index contributed by atoms with van der Waals surface area (Å²) >= 11 is 0. The Hall–Kier alpha value is -0.670. The standard InChI is InChI=1S/C21H41N3/c1-2-3-4-5-6-7-8-9-10-11-12-13-14-15-16-21-23-18-20-24(21)19-17-22/h2,18,21H,1,3-17,19-20,22H2. The van der Waals surface area contributed by atoms with E-state index in [0.717, 1.165) is 19.6 Å². The average Bonchev–Trinajstić information content (AvgIpc) is 3.03. The Morgan fingerprint density at radius 2 is 1.46 bits per heavy atom. The molecule has 0 aromatic carbocycles. The van der Waals surface area contributed by atoms with Gasteiger partial charge < -0.3 is 5.73 Å². The van der Waals surface area contributed by atoms with Crippen molar-refractivity contribution in [2.24, 2.45) is 10.7 Å². The molecule has 0 radical (unpaired) electrons. The van der Waals surface area contributed by atoms with Gasteiger partial charge in [0.25, 0.3) is 0 Å². The van der Waals surface area contributed by atoms with E-state index < -0.39 is 0 Å². The molecule has 24 heavy (non-hydrogen) atoms. The van der Waals surface area contributed by atoms with E-state index in [1.165, 1.54) is 89.9 Å². The molecule has 1 rings (SSSR count). The summed E-state index contributed by atoms with van der Waals surface area (Å²) in [5, 5.41) is 0. The number of nitrogens with two attached hydrogens (primary N) is 1. The van der Waals surface area contributed by atoms with E-state index in [1.54, 1.807) is 0 Å². The molecule has 0 aromatic rings. The van der Waals surface area contributed by atoms with Gasteiger partial charge >= 0.3 is 0 Å². The lowest BCUT2D eigenvalue weighted by Crippen LogP contribution is -2.34. The Kier molecular flexibility index (Phi) is 14.1. The molecular weight excluding hydrogens is 294 g/mol. The molecule has 0 spiro atoms. The van der Waals surface area contributed by atoms with Crippen LogP contribution in [0.4, 0.5) is 0 Å². The molecule has 0 fully saturated rings. The second-order valence-corrected chi connectivity index (χ2v) is 7.20. The van der Waals surface area contributed by atoms with Gasteiger partial charge in [-0.3, -0.25) is 9.89 Å². The first-order valence-corrected chi connectivity index (χ1v) is 10.4. The van der Waals surface area contributed by atoms with Crippen molar-refractivity contribution < 1.29 is 0 Å². The van der Waals surface area contributed by atoms with Crippen molar-refractivity contribution >= 4 is 6.21 Å². The first-order chi connectivity index (χ1) is 11.9. The second-order valence-electron chi connectivity index (χ2n) is 7.20. The van der Waals surface area contributed by atoms with Crippen LogP contribution < -0.4 is 5.73 Å². The first kappa shape index (κ1) is 21.4. The van der Waals surface area contributed by atoms with Gasteiger partial charge in [0, 0.05) is 25.8 Å². The minimum Gasteiger partial charge on any atom is -0.329 e. The zero-order valence-corrected chi connectivity index (χ0v) is 15.9. The second kappa shape index (κ2) is 15.8. The van der Waals surface area contributed by atoms with Crippen molar-refractivity contribution in [1.29, 1.82) is 0 Å². The van der Waals surface area contributed by atoms with Crippen molar-refractivity contribution in [1.82, 2.24) is 4.90 Å². The summed E-state index contributed by atoms with van der Waals surface area (Å²) in [6, 6.07) is 0. The molecule has 1 aliphatic heterocycles. The molecule has 0 saturated carbocycles. The fraction of sp³-hybridized carbons (Fsp3) is 0.857. The van der Waals surface area contributed by atoms with Gasteiger partial charge in [0.2, 0.25) is 0 Å². The minimum atomic E-state index is 0.417. The zero-order chi connectivity index (χ0) is 17.3. The van der Waals surface area contributed by atoms with E-state index in [2.05, 4.69) is 22.7 Å². The van der Waals surface area contributed by atoms with Crippen molar-refractivity contribution in [3.05, 3.63) is 12.7 Å². The van der Waals surface area contributed by atoms with Crippen LogP contribution >= 0.6 is 0 Å². The van der Waals surface area contributed by atoms with Gasteiger partial charge in [-0.1, -0.05) is 70.3 Å². The van der Waals surface area contributed by atoms with E-state index in [1.807, 2.05) is 6.08 Å². The third kappa shape index (κ3) is 11.0. The number of hydrogen-bond donors (Lipinski definition) is 1. The van der Waals surface area contributed by atoms with Crippen LogP contribution in [0.1, 0.15) is 89.9 Å². The summed E-state index contributed by atoms with van der Waals surface area (Å²) < 4.78 is 0. The third-order valence-electron chi connectivity index (χ3n) is 5.05. The van der Waals surface area contributed by atoms with E-state index in [0.29, 0.717) is 6.17 Å². The van der Waals surface area contributed by atoms with Gasteiger partial charge in [-0.05, 0) is 25.7 Å². The molecule has 0 saturated heterocycles. The monoisotopic (exact) mass is 335 g/mol.